The molecule has 2 nitrogen and oxygen atoms in total. The van der Waals surface area contributed by atoms with Gasteiger partial charge in [0.05, 0.1) is 6.54 Å². The molecule has 0 unspecified atom stereocenters. The molecule has 0 spiro atoms. The van der Waals surface area contributed by atoms with Crippen LogP contribution in [0.15, 0.2) is 17.5 Å². The van der Waals surface area contributed by atoms with E-state index >= 15 is 0 Å². The van der Waals surface area contributed by atoms with Crippen LogP contribution >= 0.6 is 11.3 Å². The molecule has 0 bridgehead atoms. The number of amidine groups is 1. The highest BCUT2D eigenvalue weighted by Gasteiger charge is 2.22. The van der Waals surface area contributed by atoms with Gasteiger partial charge in [0.1, 0.15) is 5.84 Å². The molecule has 1 N–H and O–H groups in total. The van der Waals surface area contributed by atoms with Crippen molar-refractivity contribution in [3.63, 3.8) is 0 Å². The fourth-order valence-electron chi connectivity index (χ4n) is 1.41. The quantitative estimate of drug-likeness (QED) is 0.616. The maximum atomic E-state index is 8.13. The molecular formula is C12H20N2S. The van der Waals surface area contributed by atoms with Crippen molar-refractivity contribution in [2.45, 2.75) is 34.2 Å². The van der Waals surface area contributed by atoms with E-state index in [-0.39, 0.29) is 5.41 Å². The lowest BCUT2D eigenvalue weighted by atomic mass is 9.94. The molecule has 0 aromatic carbocycles. The number of thiophene rings is 1. The Labute approximate surface area is 96.4 Å². The average molecular weight is 224 g/mol. The summed E-state index contributed by atoms with van der Waals surface area (Å²) in [7, 11) is 0. The van der Waals surface area contributed by atoms with Crippen LogP contribution in [-0.2, 0) is 6.54 Å². The number of hydrogen-bond donors (Lipinski definition) is 1. The van der Waals surface area contributed by atoms with E-state index in [1.807, 2.05) is 0 Å². The zero-order chi connectivity index (χ0) is 11.5. The Morgan fingerprint density at radius 2 is 2.13 bits per heavy atom. The van der Waals surface area contributed by atoms with Crippen LogP contribution in [-0.4, -0.2) is 17.3 Å². The van der Waals surface area contributed by atoms with Gasteiger partial charge in [0.25, 0.3) is 0 Å². The summed E-state index contributed by atoms with van der Waals surface area (Å²) in [4.78, 5) is 3.46. The summed E-state index contributed by atoms with van der Waals surface area (Å²) in [5.74, 6) is 0.721. The average Bonchev–Trinajstić information content (AvgIpc) is 2.64. The van der Waals surface area contributed by atoms with Gasteiger partial charge < -0.3 is 4.90 Å². The lowest BCUT2D eigenvalue weighted by molar-refractivity contribution is 0.377. The Morgan fingerprint density at radius 3 is 2.53 bits per heavy atom. The van der Waals surface area contributed by atoms with E-state index in [2.05, 4.69) is 50.1 Å². The summed E-state index contributed by atoms with van der Waals surface area (Å²) in [6.07, 6.45) is 0. The zero-order valence-electron chi connectivity index (χ0n) is 10.0. The Kier molecular flexibility index (Phi) is 3.91. The molecule has 84 valence electrons. The van der Waals surface area contributed by atoms with Crippen LogP contribution in [0.1, 0.15) is 32.6 Å². The highest BCUT2D eigenvalue weighted by Crippen LogP contribution is 2.20. The first-order valence-electron chi connectivity index (χ1n) is 5.31. The number of nitrogens with zero attached hydrogens (tertiary/aromatic N) is 1. The summed E-state index contributed by atoms with van der Waals surface area (Å²) in [5, 5.41) is 10.2. The first-order chi connectivity index (χ1) is 6.95. The summed E-state index contributed by atoms with van der Waals surface area (Å²) in [6, 6.07) is 4.19. The van der Waals surface area contributed by atoms with Crippen LogP contribution in [0.4, 0.5) is 0 Å². The molecule has 0 amide bonds. The van der Waals surface area contributed by atoms with Gasteiger partial charge in [-0.05, 0) is 18.4 Å². The van der Waals surface area contributed by atoms with Crippen molar-refractivity contribution in [2.24, 2.45) is 5.41 Å². The third kappa shape index (κ3) is 3.34. The van der Waals surface area contributed by atoms with Crippen molar-refractivity contribution >= 4 is 17.2 Å². The van der Waals surface area contributed by atoms with Crippen molar-refractivity contribution in [3.05, 3.63) is 22.4 Å². The molecule has 1 aromatic rings. The molecule has 0 aliphatic heterocycles. The van der Waals surface area contributed by atoms with Crippen LogP contribution in [0, 0.1) is 10.8 Å². The highest BCUT2D eigenvalue weighted by atomic mass is 32.1. The number of rotatable bonds is 3. The minimum atomic E-state index is -0.0622. The summed E-state index contributed by atoms with van der Waals surface area (Å²) in [6.45, 7) is 10.1. The van der Waals surface area contributed by atoms with Gasteiger partial charge in [-0.25, -0.2) is 0 Å². The molecule has 0 saturated carbocycles. The SMILES string of the molecule is CCN(Cc1cccs1)C(=N)C(C)(C)C. The minimum Gasteiger partial charge on any atom is -0.355 e. The van der Waals surface area contributed by atoms with Gasteiger partial charge in [0.15, 0.2) is 0 Å². The minimum absolute atomic E-state index is 0.0622. The van der Waals surface area contributed by atoms with Gasteiger partial charge in [0.2, 0.25) is 0 Å². The van der Waals surface area contributed by atoms with E-state index in [1.54, 1.807) is 11.3 Å². The maximum Gasteiger partial charge on any atom is 0.102 e. The lowest BCUT2D eigenvalue weighted by Crippen LogP contribution is -2.38. The second-order valence-corrected chi connectivity index (χ2v) is 5.72. The van der Waals surface area contributed by atoms with Crippen molar-refractivity contribution < 1.29 is 0 Å². The van der Waals surface area contributed by atoms with Crippen molar-refractivity contribution in [2.75, 3.05) is 6.54 Å². The first-order valence-corrected chi connectivity index (χ1v) is 6.19. The molecule has 3 heteroatoms. The first kappa shape index (κ1) is 12.2. The second-order valence-electron chi connectivity index (χ2n) is 4.69. The Balaban J connectivity index is 2.69. The van der Waals surface area contributed by atoms with Crippen LogP contribution in [0.3, 0.4) is 0 Å². The third-order valence-electron chi connectivity index (χ3n) is 2.34. The zero-order valence-corrected chi connectivity index (χ0v) is 10.8. The van der Waals surface area contributed by atoms with E-state index in [0.717, 1.165) is 18.9 Å². The summed E-state index contributed by atoms with van der Waals surface area (Å²) in [5.41, 5.74) is -0.0622. The van der Waals surface area contributed by atoms with Crippen molar-refractivity contribution in [3.8, 4) is 0 Å². The summed E-state index contributed by atoms with van der Waals surface area (Å²) < 4.78 is 0. The van der Waals surface area contributed by atoms with Crippen molar-refractivity contribution in [1.29, 1.82) is 5.41 Å². The van der Waals surface area contributed by atoms with Crippen LogP contribution in [0.2, 0.25) is 0 Å². The Morgan fingerprint density at radius 1 is 1.47 bits per heavy atom. The summed E-state index contributed by atoms with van der Waals surface area (Å²) >= 11 is 1.76. The Bertz CT molecular complexity index is 309. The van der Waals surface area contributed by atoms with Gasteiger partial charge in [-0.3, -0.25) is 5.41 Å². The molecule has 1 aromatic heterocycles. The predicted molar refractivity (Wildman–Crippen MR) is 67.6 cm³/mol. The van der Waals surface area contributed by atoms with Gasteiger partial charge in [0, 0.05) is 16.8 Å². The highest BCUT2D eigenvalue weighted by molar-refractivity contribution is 7.09. The second kappa shape index (κ2) is 4.79. The van der Waals surface area contributed by atoms with E-state index < -0.39 is 0 Å². The smallest absolute Gasteiger partial charge is 0.102 e. The van der Waals surface area contributed by atoms with E-state index in [9.17, 15) is 0 Å². The fraction of sp³-hybridized carbons (Fsp3) is 0.583. The lowest BCUT2D eigenvalue weighted by Gasteiger charge is -2.31. The van der Waals surface area contributed by atoms with Crippen LogP contribution in [0.25, 0.3) is 0 Å². The third-order valence-corrected chi connectivity index (χ3v) is 3.20. The standard InChI is InChI=1S/C12H20N2S/c1-5-14(11(13)12(2,3)4)9-10-7-6-8-15-10/h6-8,13H,5,9H2,1-4H3. The monoisotopic (exact) mass is 224 g/mol. The van der Waals surface area contributed by atoms with Gasteiger partial charge >= 0.3 is 0 Å². The molecule has 15 heavy (non-hydrogen) atoms. The Hall–Kier alpha value is -0.830. The van der Waals surface area contributed by atoms with E-state index in [4.69, 9.17) is 5.41 Å². The van der Waals surface area contributed by atoms with E-state index in [1.165, 1.54) is 4.88 Å². The van der Waals surface area contributed by atoms with Gasteiger partial charge in [-0.2, -0.15) is 0 Å². The molecule has 1 rings (SSSR count). The molecule has 0 aliphatic rings. The molecule has 0 radical (unpaired) electrons. The molecular weight excluding hydrogens is 204 g/mol. The topological polar surface area (TPSA) is 27.1 Å². The van der Waals surface area contributed by atoms with E-state index in [0.29, 0.717) is 0 Å². The molecule has 0 atom stereocenters. The molecule has 0 aliphatic carbocycles. The normalized spacial score (nSPS) is 11.5. The van der Waals surface area contributed by atoms with Crippen molar-refractivity contribution in [1.82, 2.24) is 4.90 Å². The predicted octanol–water partition coefficient (Wildman–Crippen LogP) is 3.59. The fourth-order valence-corrected chi connectivity index (χ4v) is 2.13. The number of hydrogen-bond acceptors (Lipinski definition) is 2. The maximum absolute atomic E-state index is 8.13. The van der Waals surface area contributed by atoms with Gasteiger partial charge in [-0.1, -0.05) is 26.8 Å². The number of nitrogens with one attached hydrogen (secondary N) is 1. The largest absolute Gasteiger partial charge is 0.355 e. The molecule has 0 fully saturated rings. The van der Waals surface area contributed by atoms with Crippen LogP contribution < -0.4 is 0 Å². The molecule has 1 heterocycles. The van der Waals surface area contributed by atoms with Crippen LogP contribution in [0.5, 0.6) is 0 Å². The van der Waals surface area contributed by atoms with Gasteiger partial charge in [-0.15, -0.1) is 11.3 Å². The molecule has 0 saturated heterocycles.